The van der Waals surface area contributed by atoms with Crippen molar-refractivity contribution in [1.29, 1.82) is 5.26 Å². The van der Waals surface area contributed by atoms with E-state index in [2.05, 4.69) is 34.4 Å². The molecule has 204 valence electrons. The zero-order valence-electron chi connectivity index (χ0n) is 22.8. The lowest BCUT2D eigenvalue weighted by Crippen LogP contribution is -2.50. The number of carbonyl (C=O) groups is 2. The van der Waals surface area contributed by atoms with Gasteiger partial charge in [0.2, 0.25) is 5.91 Å². The summed E-state index contributed by atoms with van der Waals surface area (Å²) in [6, 6.07) is 16.5. The first-order valence-corrected chi connectivity index (χ1v) is 13.9. The number of hydrogen-bond donors (Lipinski definition) is 0. The maximum absolute atomic E-state index is 14.4. The number of nitriles is 1. The van der Waals surface area contributed by atoms with Crippen LogP contribution in [0.3, 0.4) is 0 Å². The summed E-state index contributed by atoms with van der Waals surface area (Å²) >= 11 is 0. The van der Waals surface area contributed by atoms with Crippen LogP contribution in [0.4, 0.5) is 17.3 Å². The molecule has 40 heavy (non-hydrogen) atoms. The Morgan fingerprint density at radius 3 is 2.33 bits per heavy atom. The van der Waals surface area contributed by atoms with Crippen molar-refractivity contribution < 1.29 is 9.59 Å². The Hall–Kier alpha value is -4.42. The van der Waals surface area contributed by atoms with Gasteiger partial charge in [-0.25, -0.2) is 4.98 Å². The van der Waals surface area contributed by atoms with E-state index in [4.69, 9.17) is 4.98 Å². The highest BCUT2D eigenvalue weighted by atomic mass is 16.2. The molecule has 2 fully saturated rings. The van der Waals surface area contributed by atoms with E-state index in [1.165, 1.54) is 6.08 Å². The van der Waals surface area contributed by atoms with Gasteiger partial charge < -0.3 is 24.5 Å². The molecule has 0 atom stereocenters. The topological polar surface area (TPSA) is 87.0 Å². The molecule has 6 rings (SSSR count). The van der Waals surface area contributed by atoms with Crippen LogP contribution in [-0.4, -0.2) is 92.5 Å². The molecular weight excluding hydrogens is 502 g/mol. The van der Waals surface area contributed by atoms with E-state index in [1.807, 2.05) is 47.4 Å². The summed E-state index contributed by atoms with van der Waals surface area (Å²) in [5, 5.41) is 12.5. The van der Waals surface area contributed by atoms with Crippen LogP contribution in [0.15, 0.2) is 55.1 Å². The molecule has 0 unspecified atom stereocenters. The molecule has 0 bridgehead atoms. The third kappa shape index (κ3) is 4.44. The lowest BCUT2D eigenvalue weighted by atomic mass is 9.93. The van der Waals surface area contributed by atoms with Gasteiger partial charge in [0, 0.05) is 69.9 Å². The van der Waals surface area contributed by atoms with Crippen molar-refractivity contribution in [3.63, 3.8) is 0 Å². The highest BCUT2D eigenvalue weighted by molar-refractivity contribution is 6.14. The molecule has 3 aliphatic rings. The number of hydrogen-bond acceptors (Lipinski definition) is 7. The maximum atomic E-state index is 14.4. The third-order valence-corrected chi connectivity index (χ3v) is 8.34. The Labute approximate surface area is 234 Å². The second kappa shape index (κ2) is 10.6. The van der Waals surface area contributed by atoms with Gasteiger partial charge in [-0.1, -0.05) is 43.0 Å². The predicted octanol–water partition coefficient (Wildman–Crippen LogP) is 2.90. The number of piperazine rings is 2. The van der Waals surface area contributed by atoms with Gasteiger partial charge in [-0.05, 0) is 31.0 Å². The predicted molar refractivity (Wildman–Crippen MR) is 157 cm³/mol. The minimum absolute atomic E-state index is 0.0755. The number of fused-ring (bicyclic) bond motifs is 2. The second-order valence-electron chi connectivity index (χ2n) is 10.6. The van der Waals surface area contributed by atoms with Crippen molar-refractivity contribution in [1.82, 2.24) is 14.8 Å². The number of nitrogens with zero attached hydrogens (tertiary/aromatic N) is 7. The first kappa shape index (κ1) is 25.8. The molecule has 4 heterocycles. The van der Waals surface area contributed by atoms with Gasteiger partial charge in [0.25, 0.3) is 5.91 Å². The average Bonchev–Trinajstić information content (AvgIpc) is 3.00. The summed E-state index contributed by atoms with van der Waals surface area (Å²) in [5.74, 6) is 1.11. The van der Waals surface area contributed by atoms with Crippen LogP contribution < -0.4 is 14.7 Å². The summed E-state index contributed by atoms with van der Waals surface area (Å²) in [7, 11) is 2.09. The highest BCUT2D eigenvalue weighted by Gasteiger charge is 2.36. The van der Waals surface area contributed by atoms with Gasteiger partial charge in [-0.15, -0.1) is 0 Å². The summed E-state index contributed by atoms with van der Waals surface area (Å²) in [6.07, 6.45) is 1.94. The molecule has 2 amide bonds. The van der Waals surface area contributed by atoms with Crippen LogP contribution in [0.5, 0.6) is 0 Å². The number of likely N-dealkylation sites (N-methyl/N-ethyl adjacent to an activating group) is 1. The number of pyridine rings is 1. The number of rotatable bonds is 4. The second-order valence-corrected chi connectivity index (χ2v) is 10.6. The molecule has 0 N–H and O–H groups in total. The van der Waals surface area contributed by atoms with Crippen molar-refractivity contribution in [2.45, 2.75) is 6.42 Å². The Morgan fingerprint density at radius 1 is 0.925 bits per heavy atom. The van der Waals surface area contributed by atoms with Crippen molar-refractivity contribution in [2.24, 2.45) is 0 Å². The lowest BCUT2D eigenvalue weighted by molar-refractivity contribution is -0.126. The van der Waals surface area contributed by atoms with E-state index < -0.39 is 0 Å². The van der Waals surface area contributed by atoms with E-state index in [1.54, 1.807) is 4.90 Å². The summed E-state index contributed by atoms with van der Waals surface area (Å²) < 4.78 is 0. The lowest BCUT2D eigenvalue weighted by Gasteiger charge is -2.40. The Balaban J connectivity index is 1.45. The average molecular weight is 536 g/mol. The zero-order valence-corrected chi connectivity index (χ0v) is 22.8. The maximum Gasteiger partial charge on any atom is 0.260 e. The zero-order chi connectivity index (χ0) is 27.8. The molecule has 0 saturated carbocycles. The number of aromatic nitrogens is 1. The molecule has 0 radical (unpaired) electrons. The number of benzene rings is 2. The molecule has 2 saturated heterocycles. The summed E-state index contributed by atoms with van der Waals surface area (Å²) in [6.45, 7) is 9.63. The fraction of sp³-hybridized carbons (Fsp3) is 0.355. The van der Waals surface area contributed by atoms with Crippen LogP contribution in [0, 0.1) is 11.3 Å². The van der Waals surface area contributed by atoms with Crippen molar-refractivity contribution in [3.05, 3.63) is 71.8 Å². The van der Waals surface area contributed by atoms with Crippen LogP contribution in [0.1, 0.15) is 21.5 Å². The van der Waals surface area contributed by atoms with Gasteiger partial charge in [0.15, 0.2) is 0 Å². The molecule has 1 aromatic heterocycles. The number of carbonyl (C=O) groups excluding carboxylic acids is 2. The van der Waals surface area contributed by atoms with Gasteiger partial charge in [0.05, 0.1) is 11.3 Å². The monoisotopic (exact) mass is 535 g/mol. The fourth-order valence-corrected chi connectivity index (χ4v) is 6.09. The van der Waals surface area contributed by atoms with Gasteiger partial charge >= 0.3 is 0 Å². The molecular formula is C31H33N7O2. The standard InChI is InChI=1S/C31H33N7O2/c1-3-27(39)35-17-19-37(20-18-35)29-24-11-12-38(26-10-6-8-22-7-4-5-9-23(22)26)31(40)28(24)25(21-32)30(33-29)36-15-13-34(2)14-16-36/h3-10H,1,11-20H2,2H3. The Morgan fingerprint density at radius 2 is 1.60 bits per heavy atom. The molecule has 2 aromatic carbocycles. The van der Waals surface area contributed by atoms with Gasteiger partial charge in [-0.3, -0.25) is 9.59 Å². The van der Waals surface area contributed by atoms with Crippen molar-refractivity contribution in [3.8, 4) is 6.07 Å². The van der Waals surface area contributed by atoms with E-state index in [0.29, 0.717) is 56.1 Å². The van der Waals surface area contributed by atoms with Crippen LogP contribution >= 0.6 is 0 Å². The normalized spacial score (nSPS) is 18.1. The van der Waals surface area contributed by atoms with E-state index in [9.17, 15) is 14.9 Å². The third-order valence-electron chi connectivity index (χ3n) is 8.34. The Bertz CT molecular complexity index is 1520. The van der Waals surface area contributed by atoms with E-state index in [-0.39, 0.29) is 11.8 Å². The van der Waals surface area contributed by atoms with Crippen LogP contribution in [0.2, 0.25) is 0 Å². The molecule has 3 aliphatic heterocycles. The fourth-order valence-electron chi connectivity index (χ4n) is 6.09. The van der Waals surface area contributed by atoms with Gasteiger partial charge in [-0.2, -0.15) is 5.26 Å². The SMILES string of the molecule is C=CC(=O)N1CCN(c2nc(N3CCN(C)CC3)c(C#N)c3c2CCN(c2cccc4ccccc24)C3=O)CC1. The minimum Gasteiger partial charge on any atom is -0.353 e. The van der Waals surface area contributed by atoms with E-state index >= 15 is 0 Å². The largest absolute Gasteiger partial charge is 0.353 e. The molecule has 0 spiro atoms. The smallest absolute Gasteiger partial charge is 0.260 e. The summed E-state index contributed by atoms with van der Waals surface area (Å²) in [4.78, 5) is 41.9. The van der Waals surface area contributed by atoms with Crippen LogP contribution in [-0.2, 0) is 11.2 Å². The van der Waals surface area contributed by atoms with Gasteiger partial charge in [0.1, 0.15) is 23.3 Å². The Kier molecular flexibility index (Phi) is 6.86. The van der Waals surface area contributed by atoms with E-state index in [0.717, 1.165) is 54.0 Å². The molecule has 0 aliphatic carbocycles. The number of amides is 2. The molecule has 9 heteroatoms. The quantitative estimate of drug-likeness (QED) is 0.475. The molecule has 9 nitrogen and oxygen atoms in total. The minimum atomic E-state index is -0.159. The van der Waals surface area contributed by atoms with Crippen molar-refractivity contribution in [2.75, 3.05) is 80.7 Å². The first-order chi connectivity index (χ1) is 19.5. The number of anilines is 3. The van der Waals surface area contributed by atoms with Crippen LogP contribution in [0.25, 0.3) is 10.8 Å². The molecule has 3 aromatic rings. The highest BCUT2D eigenvalue weighted by Crippen LogP contribution is 2.38. The summed E-state index contributed by atoms with van der Waals surface area (Å²) in [5.41, 5.74) is 2.51. The first-order valence-electron chi connectivity index (χ1n) is 13.9. The van der Waals surface area contributed by atoms with Crippen molar-refractivity contribution >= 4 is 39.9 Å².